The molecule has 1 heterocycles. The summed E-state index contributed by atoms with van der Waals surface area (Å²) in [6.07, 6.45) is 5.60. The van der Waals surface area contributed by atoms with Gasteiger partial charge in [-0.3, -0.25) is 14.8 Å². The number of hydrogen-bond donors (Lipinski definition) is 2. The standard InChI is InChI=1S/C22H22Cl2N2O3/c1-2-3-4-5-9-20(27)26(29)19-13-25-21-16(19)7-6-8-17(21)22(28)15-11-10-14(23)12-18(15)24/h6-8,10-13,25,29H,2-5,9H2,1H3. The lowest BCUT2D eigenvalue weighted by molar-refractivity contribution is -0.123. The lowest BCUT2D eigenvalue weighted by Crippen LogP contribution is -2.26. The Bertz CT molecular complexity index is 1050. The highest BCUT2D eigenvalue weighted by Gasteiger charge is 2.21. The number of amides is 1. The molecule has 0 atom stereocenters. The predicted octanol–water partition coefficient (Wildman–Crippen LogP) is 6.40. The van der Waals surface area contributed by atoms with Gasteiger partial charge in [0.25, 0.3) is 5.91 Å². The molecular formula is C22H22Cl2N2O3. The average Bonchev–Trinajstić information content (AvgIpc) is 3.14. The number of para-hydroxylation sites is 1. The zero-order valence-electron chi connectivity index (χ0n) is 16.0. The van der Waals surface area contributed by atoms with Crippen molar-refractivity contribution in [1.29, 1.82) is 0 Å². The molecule has 29 heavy (non-hydrogen) atoms. The minimum Gasteiger partial charge on any atom is -0.359 e. The summed E-state index contributed by atoms with van der Waals surface area (Å²) < 4.78 is 0. The number of anilines is 1. The summed E-state index contributed by atoms with van der Waals surface area (Å²) in [7, 11) is 0. The van der Waals surface area contributed by atoms with E-state index in [4.69, 9.17) is 23.2 Å². The van der Waals surface area contributed by atoms with E-state index in [1.807, 2.05) is 0 Å². The summed E-state index contributed by atoms with van der Waals surface area (Å²) in [5, 5.41) is 12.3. The first kappa shape index (κ1) is 21.4. The first-order valence-corrected chi connectivity index (χ1v) is 10.3. The SMILES string of the molecule is CCCCCCC(=O)N(O)c1c[nH]c2c(C(=O)c3ccc(Cl)cc3Cl)cccc12. The summed E-state index contributed by atoms with van der Waals surface area (Å²) in [6.45, 7) is 2.10. The minimum atomic E-state index is -0.375. The molecule has 0 saturated carbocycles. The Kier molecular flexibility index (Phi) is 6.96. The van der Waals surface area contributed by atoms with E-state index in [-0.39, 0.29) is 23.1 Å². The predicted molar refractivity (Wildman–Crippen MR) is 116 cm³/mol. The van der Waals surface area contributed by atoms with Gasteiger partial charge in [-0.25, -0.2) is 0 Å². The largest absolute Gasteiger partial charge is 0.359 e. The Hall–Kier alpha value is -2.34. The van der Waals surface area contributed by atoms with E-state index in [0.29, 0.717) is 37.8 Å². The second kappa shape index (κ2) is 9.44. The van der Waals surface area contributed by atoms with Gasteiger partial charge in [-0.15, -0.1) is 0 Å². The molecule has 1 aromatic heterocycles. The number of fused-ring (bicyclic) bond motifs is 1. The molecule has 0 fully saturated rings. The molecule has 2 N–H and O–H groups in total. The molecule has 0 radical (unpaired) electrons. The van der Waals surface area contributed by atoms with Crippen molar-refractivity contribution in [1.82, 2.24) is 4.98 Å². The zero-order chi connectivity index (χ0) is 21.0. The zero-order valence-corrected chi connectivity index (χ0v) is 17.6. The van der Waals surface area contributed by atoms with Crippen molar-refractivity contribution in [3.05, 3.63) is 63.8 Å². The van der Waals surface area contributed by atoms with Crippen molar-refractivity contribution in [2.24, 2.45) is 0 Å². The number of hydrogen-bond acceptors (Lipinski definition) is 3. The number of H-pyrrole nitrogens is 1. The molecule has 0 spiro atoms. The number of hydroxylamine groups is 1. The second-order valence-electron chi connectivity index (χ2n) is 6.87. The molecule has 0 unspecified atom stereocenters. The fraction of sp³-hybridized carbons (Fsp3) is 0.273. The molecular weight excluding hydrogens is 411 g/mol. The molecule has 3 rings (SSSR count). The summed E-state index contributed by atoms with van der Waals surface area (Å²) in [4.78, 5) is 28.4. The number of carbonyl (C=O) groups excluding carboxylic acids is 2. The van der Waals surface area contributed by atoms with Gasteiger partial charge in [0, 0.05) is 34.2 Å². The highest BCUT2D eigenvalue weighted by Crippen LogP contribution is 2.31. The van der Waals surface area contributed by atoms with Crippen LogP contribution in [0.3, 0.4) is 0 Å². The Morgan fingerprint density at radius 1 is 1.07 bits per heavy atom. The Balaban J connectivity index is 1.89. The molecule has 3 aromatic rings. The van der Waals surface area contributed by atoms with Crippen molar-refractivity contribution in [2.45, 2.75) is 39.0 Å². The van der Waals surface area contributed by atoms with Crippen molar-refractivity contribution < 1.29 is 14.8 Å². The number of ketones is 1. The van der Waals surface area contributed by atoms with Crippen LogP contribution in [0.1, 0.15) is 54.9 Å². The number of carbonyl (C=O) groups is 2. The molecule has 0 aliphatic heterocycles. The van der Waals surface area contributed by atoms with Crippen molar-refractivity contribution in [3.63, 3.8) is 0 Å². The van der Waals surface area contributed by atoms with Crippen molar-refractivity contribution >= 4 is 51.5 Å². The number of nitrogens with one attached hydrogen (secondary N) is 1. The number of rotatable bonds is 8. The molecule has 7 heteroatoms. The maximum absolute atomic E-state index is 13.0. The monoisotopic (exact) mass is 432 g/mol. The van der Waals surface area contributed by atoms with Gasteiger partial charge in [0.05, 0.1) is 16.2 Å². The number of nitrogens with zero attached hydrogens (tertiary/aromatic N) is 1. The molecule has 2 aromatic carbocycles. The van der Waals surface area contributed by atoms with Gasteiger partial charge < -0.3 is 4.98 Å². The van der Waals surface area contributed by atoms with Gasteiger partial charge in [0.1, 0.15) is 0 Å². The third kappa shape index (κ3) is 4.64. The third-order valence-corrected chi connectivity index (χ3v) is 5.37. The van der Waals surface area contributed by atoms with Crippen LogP contribution in [0.4, 0.5) is 5.69 Å². The van der Waals surface area contributed by atoms with Gasteiger partial charge >= 0.3 is 0 Å². The van der Waals surface area contributed by atoms with Gasteiger partial charge in [-0.1, -0.05) is 61.5 Å². The van der Waals surface area contributed by atoms with Crippen LogP contribution >= 0.6 is 23.2 Å². The van der Waals surface area contributed by atoms with Crippen LogP contribution in [0.25, 0.3) is 10.9 Å². The van der Waals surface area contributed by atoms with Crippen LogP contribution in [-0.2, 0) is 4.79 Å². The maximum Gasteiger partial charge on any atom is 0.250 e. The highest BCUT2D eigenvalue weighted by molar-refractivity contribution is 6.38. The number of unbranched alkanes of at least 4 members (excludes halogenated alkanes) is 3. The van der Waals surface area contributed by atoms with E-state index in [1.54, 1.807) is 30.3 Å². The van der Waals surface area contributed by atoms with Crippen LogP contribution in [0.2, 0.25) is 10.0 Å². The summed E-state index contributed by atoms with van der Waals surface area (Å²) in [5.41, 5.74) is 1.56. The van der Waals surface area contributed by atoms with Gasteiger partial charge in [-0.05, 0) is 30.7 Å². The fourth-order valence-electron chi connectivity index (χ4n) is 3.27. The first-order valence-electron chi connectivity index (χ1n) is 9.55. The van der Waals surface area contributed by atoms with E-state index in [0.717, 1.165) is 25.7 Å². The molecule has 1 amide bonds. The Labute approximate surface area is 179 Å². The molecule has 5 nitrogen and oxygen atoms in total. The summed E-state index contributed by atoms with van der Waals surface area (Å²) in [5.74, 6) is -0.652. The topological polar surface area (TPSA) is 73.4 Å². The van der Waals surface area contributed by atoms with Gasteiger partial charge in [-0.2, -0.15) is 5.06 Å². The average molecular weight is 433 g/mol. The van der Waals surface area contributed by atoms with Crippen LogP contribution in [0.15, 0.2) is 42.6 Å². The van der Waals surface area contributed by atoms with Gasteiger partial charge in [0.15, 0.2) is 5.78 Å². The fourth-order valence-corrected chi connectivity index (χ4v) is 3.76. The number of aromatic nitrogens is 1. The lowest BCUT2D eigenvalue weighted by atomic mass is 10.0. The molecule has 0 saturated heterocycles. The summed E-state index contributed by atoms with van der Waals surface area (Å²) >= 11 is 12.1. The Morgan fingerprint density at radius 2 is 1.86 bits per heavy atom. The molecule has 0 bridgehead atoms. The smallest absolute Gasteiger partial charge is 0.250 e. The van der Waals surface area contributed by atoms with E-state index < -0.39 is 0 Å². The van der Waals surface area contributed by atoms with E-state index in [9.17, 15) is 14.8 Å². The van der Waals surface area contributed by atoms with Crippen LogP contribution < -0.4 is 5.06 Å². The van der Waals surface area contributed by atoms with Gasteiger partial charge in [0.2, 0.25) is 0 Å². The summed E-state index contributed by atoms with van der Waals surface area (Å²) in [6, 6.07) is 9.82. The van der Waals surface area contributed by atoms with E-state index >= 15 is 0 Å². The third-order valence-electron chi connectivity index (χ3n) is 4.82. The number of halogens is 2. The maximum atomic E-state index is 13.0. The quantitative estimate of drug-likeness (QED) is 0.187. The lowest BCUT2D eigenvalue weighted by Gasteiger charge is -2.14. The number of aromatic amines is 1. The van der Waals surface area contributed by atoms with Crippen LogP contribution in [0, 0.1) is 0 Å². The second-order valence-corrected chi connectivity index (χ2v) is 7.72. The molecule has 0 aliphatic rings. The molecule has 152 valence electrons. The normalized spacial score (nSPS) is 11.0. The van der Waals surface area contributed by atoms with Crippen LogP contribution in [0.5, 0.6) is 0 Å². The van der Waals surface area contributed by atoms with Crippen LogP contribution in [-0.4, -0.2) is 21.9 Å². The van der Waals surface area contributed by atoms with Crippen molar-refractivity contribution in [2.75, 3.05) is 5.06 Å². The van der Waals surface area contributed by atoms with E-state index in [2.05, 4.69) is 11.9 Å². The minimum absolute atomic E-state index is 0.261. The van der Waals surface area contributed by atoms with E-state index in [1.165, 1.54) is 12.3 Å². The first-order chi connectivity index (χ1) is 13.9. The number of benzene rings is 2. The van der Waals surface area contributed by atoms with Crippen molar-refractivity contribution in [3.8, 4) is 0 Å². The highest BCUT2D eigenvalue weighted by atomic mass is 35.5. The molecule has 0 aliphatic carbocycles. The Morgan fingerprint density at radius 3 is 2.59 bits per heavy atom.